The molecule has 1 unspecified atom stereocenters. The number of hydrogen-bond acceptors (Lipinski definition) is 9. The molecule has 0 saturated carbocycles. The third-order valence-corrected chi connectivity index (χ3v) is 5.04. The normalized spacial score (nSPS) is 16.6. The number of carbonyl (C=O) groups excluding carboxylic acids is 3. The van der Waals surface area contributed by atoms with Crippen LogP contribution in [0.5, 0.6) is 11.5 Å². The Labute approximate surface area is 174 Å². The van der Waals surface area contributed by atoms with E-state index in [0.29, 0.717) is 36.8 Å². The minimum atomic E-state index is -0.783. The predicted octanol–water partition coefficient (Wildman–Crippen LogP) is 1.28. The van der Waals surface area contributed by atoms with E-state index in [1.165, 1.54) is 7.05 Å². The second-order valence-corrected chi connectivity index (χ2v) is 6.97. The lowest BCUT2D eigenvalue weighted by Gasteiger charge is -2.26. The Morgan fingerprint density at radius 1 is 1.13 bits per heavy atom. The van der Waals surface area contributed by atoms with Gasteiger partial charge in [0, 0.05) is 32.2 Å². The van der Waals surface area contributed by atoms with Gasteiger partial charge in [-0.15, -0.1) is 0 Å². The van der Waals surface area contributed by atoms with Gasteiger partial charge in [0.1, 0.15) is 0 Å². The van der Waals surface area contributed by atoms with Crippen LogP contribution in [0.25, 0.3) is 0 Å². The van der Waals surface area contributed by atoms with Gasteiger partial charge in [-0.3, -0.25) is 14.5 Å². The van der Waals surface area contributed by atoms with Crippen molar-refractivity contribution in [3.05, 3.63) is 23.8 Å². The van der Waals surface area contributed by atoms with Gasteiger partial charge in [0.2, 0.25) is 13.6 Å². The van der Waals surface area contributed by atoms with E-state index >= 15 is 0 Å². The molecular weight excluding hydrogens is 396 g/mol. The van der Waals surface area contributed by atoms with Crippen molar-refractivity contribution >= 4 is 17.8 Å². The molecule has 0 N–H and O–H groups in total. The highest BCUT2D eigenvalue weighted by molar-refractivity contribution is 6.01. The van der Waals surface area contributed by atoms with Crippen LogP contribution in [0.2, 0.25) is 0 Å². The van der Waals surface area contributed by atoms with Crippen molar-refractivity contribution in [3.63, 3.8) is 0 Å². The van der Waals surface area contributed by atoms with Crippen LogP contribution < -0.4 is 9.47 Å². The average Bonchev–Trinajstić information content (AvgIpc) is 3.24. The van der Waals surface area contributed by atoms with E-state index < -0.39 is 24.9 Å². The van der Waals surface area contributed by atoms with Crippen molar-refractivity contribution < 1.29 is 38.1 Å². The first-order valence-electron chi connectivity index (χ1n) is 9.75. The number of morpholine rings is 1. The molecule has 1 atom stereocenters. The largest absolute Gasteiger partial charge is 0.454 e. The summed E-state index contributed by atoms with van der Waals surface area (Å²) >= 11 is 0. The van der Waals surface area contributed by atoms with Gasteiger partial charge in [0.15, 0.2) is 17.3 Å². The van der Waals surface area contributed by atoms with Crippen LogP contribution in [0, 0.1) is 0 Å². The van der Waals surface area contributed by atoms with Crippen LogP contribution in [0.1, 0.15) is 23.7 Å². The second-order valence-electron chi connectivity index (χ2n) is 6.97. The maximum atomic E-state index is 12.7. The van der Waals surface area contributed by atoms with Crippen LogP contribution in [0.4, 0.5) is 4.79 Å². The molecule has 30 heavy (non-hydrogen) atoms. The molecule has 10 nitrogen and oxygen atoms in total. The fourth-order valence-electron chi connectivity index (χ4n) is 3.02. The van der Waals surface area contributed by atoms with Gasteiger partial charge in [-0.25, -0.2) is 4.79 Å². The minimum Gasteiger partial charge on any atom is -0.454 e. The standard InChI is InChI=1S/C20H26N2O8/c1-14(19(24)15-3-4-16-17(11-15)28-12-27-16)21(2)20(25)30-13-29-18(23)5-6-22-7-9-26-10-8-22/h3-4,11,14H,5-10,12-13H2,1-2H3. The Hall–Kier alpha value is -2.85. The van der Waals surface area contributed by atoms with E-state index in [9.17, 15) is 14.4 Å². The number of carbonyl (C=O) groups is 3. The van der Waals surface area contributed by atoms with Crippen molar-refractivity contribution in [1.82, 2.24) is 9.80 Å². The van der Waals surface area contributed by atoms with Gasteiger partial charge in [-0.05, 0) is 25.1 Å². The molecule has 3 rings (SSSR count). The number of esters is 1. The first kappa shape index (κ1) is 21.8. The highest BCUT2D eigenvalue weighted by atomic mass is 16.7. The van der Waals surface area contributed by atoms with Crippen LogP contribution in [0.3, 0.4) is 0 Å². The van der Waals surface area contributed by atoms with Crippen molar-refractivity contribution in [2.45, 2.75) is 19.4 Å². The van der Waals surface area contributed by atoms with Gasteiger partial charge in [0.25, 0.3) is 0 Å². The number of benzene rings is 1. The van der Waals surface area contributed by atoms with E-state index in [2.05, 4.69) is 4.90 Å². The Bertz CT molecular complexity index is 778. The third-order valence-electron chi connectivity index (χ3n) is 5.04. The number of amides is 1. The van der Waals surface area contributed by atoms with Gasteiger partial charge < -0.3 is 28.6 Å². The van der Waals surface area contributed by atoms with Crippen LogP contribution in [-0.4, -0.2) is 87.2 Å². The molecule has 0 bridgehead atoms. The van der Waals surface area contributed by atoms with Crippen molar-refractivity contribution in [1.29, 1.82) is 0 Å². The second kappa shape index (κ2) is 10.3. The number of rotatable bonds is 8. The lowest BCUT2D eigenvalue weighted by atomic mass is 10.0. The average molecular weight is 422 g/mol. The zero-order valence-corrected chi connectivity index (χ0v) is 17.1. The smallest absolute Gasteiger partial charge is 0.413 e. The lowest BCUT2D eigenvalue weighted by Crippen LogP contribution is -2.41. The van der Waals surface area contributed by atoms with Crippen LogP contribution >= 0.6 is 0 Å². The molecule has 1 saturated heterocycles. The quantitative estimate of drug-likeness (QED) is 0.348. The number of ether oxygens (including phenoxy) is 5. The first-order chi connectivity index (χ1) is 14.5. The van der Waals surface area contributed by atoms with E-state index in [1.807, 2.05) is 0 Å². The molecule has 0 spiro atoms. The zero-order chi connectivity index (χ0) is 21.5. The molecule has 2 aliphatic heterocycles. The zero-order valence-electron chi connectivity index (χ0n) is 17.1. The molecular formula is C20H26N2O8. The summed E-state index contributed by atoms with van der Waals surface area (Å²) in [6.45, 7) is 4.63. The van der Waals surface area contributed by atoms with Gasteiger partial charge in [-0.2, -0.15) is 0 Å². The topological polar surface area (TPSA) is 104 Å². The summed E-state index contributed by atoms with van der Waals surface area (Å²) in [4.78, 5) is 39.9. The summed E-state index contributed by atoms with van der Waals surface area (Å²) in [5, 5.41) is 0. The highest BCUT2D eigenvalue weighted by Gasteiger charge is 2.26. The number of fused-ring (bicyclic) bond motifs is 1. The maximum absolute atomic E-state index is 12.7. The molecule has 10 heteroatoms. The van der Waals surface area contributed by atoms with Crippen molar-refractivity contribution in [3.8, 4) is 11.5 Å². The molecule has 1 amide bonds. The first-order valence-corrected chi connectivity index (χ1v) is 9.75. The molecule has 2 heterocycles. The summed E-state index contributed by atoms with van der Waals surface area (Å²) in [6, 6.07) is 4.06. The highest BCUT2D eigenvalue weighted by Crippen LogP contribution is 2.33. The molecule has 0 radical (unpaired) electrons. The summed E-state index contributed by atoms with van der Waals surface area (Å²) in [5.74, 6) is 0.321. The molecule has 1 fully saturated rings. The Balaban J connectivity index is 1.40. The fourth-order valence-corrected chi connectivity index (χ4v) is 3.02. The van der Waals surface area contributed by atoms with E-state index in [0.717, 1.165) is 18.0 Å². The van der Waals surface area contributed by atoms with E-state index in [1.54, 1.807) is 25.1 Å². The number of Topliss-reactive ketones (excluding diaryl/α,β-unsaturated/α-hetero) is 1. The summed E-state index contributed by atoms with van der Waals surface area (Å²) in [6.07, 6.45) is -0.565. The third kappa shape index (κ3) is 5.61. The van der Waals surface area contributed by atoms with Crippen molar-refractivity contribution in [2.75, 3.05) is 53.5 Å². The van der Waals surface area contributed by atoms with E-state index in [-0.39, 0.29) is 19.0 Å². The predicted molar refractivity (Wildman–Crippen MR) is 103 cm³/mol. The molecule has 1 aromatic carbocycles. The summed E-state index contributed by atoms with van der Waals surface area (Å²) in [7, 11) is 1.44. The number of ketones is 1. The number of nitrogens with zero attached hydrogens (tertiary/aromatic N) is 2. The Morgan fingerprint density at radius 2 is 1.87 bits per heavy atom. The monoisotopic (exact) mass is 422 g/mol. The Kier molecular flexibility index (Phi) is 7.47. The molecule has 0 aliphatic carbocycles. The molecule has 1 aromatic rings. The fraction of sp³-hybridized carbons (Fsp3) is 0.550. The van der Waals surface area contributed by atoms with Gasteiger partial charge in [-0.1, -0.05) is 0 Å². The minimum absolute atomic E-state index is 0.111. The molecule has 2 aliphatic rings. The van der Waals surface area contributed by atoms with E-state index in [4.69, 9.17) is 23.7 Å². The van der Waals surface area contributed by atoms with Crippen LogP contribution in [0.15, 0.2) is 18.2 Å². The number of likely N-dealkylation sites (N-methyl/N-ethyl adjacent to an activating group) is 1. The van der Waals surface area contributed by atoms with Gasteiger partial charge >= 0.3 is 12.1 Å². The van der Waals surface area contributed by atoms with Crippen LogP contribution in [-0.2, 0) is 19.0 Å². The van der Waals surface area contributed by atoms with Crippen molar-refractivity contribution in [2.24, 2.45) is 0 Å². The summed E-state index contributed by atoms with van der Waals surface area (Å²) < 4.78 is 25.7. The summed E-state index contributed by atoms with van der Waals surface area (Å²) in [5.41, 5.74) is 0.390. The maximum Gasteiger partial charge on any atom is 0.413 e. The molecule has 164 valence electrons. The lowest BCUT2D eigenvalue weighted by molar-refractivity contribution is -0.153. The van der Waals surface area contributed by atoms with Gasteiger partial charge in [0.05, 0.1) is 25.7 Å². The SMILES string of the molecule is CC(C(=O)c1ccc2c(c1)OCO2)N(C)C(=O)OCOC(=O)CCN1CCOCC1. The molecule has 0 aromatic heterocycles. The number of hydrogen-bond donors (Lipinski definition) is 0. The Morgan fingerprint density at radius 3 is 2.63 bits per heavy atom.